The van der Waals surface area contributed by atoms with E-state index in [0.717, 1.165) is 68.3 Å². The van der Waals surface area contributed by atoms with Gasteiger partial charge in [-0.1, -0.05) is 99.6 Å². The maximum absolute atomic E-state index is 12.9. The van der Waals surface area contributed by atoms with Crippen LogP contribution in [0.25, 0.3) is 0 Å². The fourth-order valence-electron chi connectivity index (χ4n) is 11.9. The van der Waals surface area contributed by atoms with Crippen molar-refractivity contribution in [2.45, 2.75) is 191 Å². The van der Waals surface area contributed by atoms with Crippen LogP contribution in [0.1, 0.15) is 179 Å². The van der Waals surface area contributed by atoms with Gasteiger partial charge in [-0.25, -0.2) is 4.79 Å². The lowest BCUT2D eigenvalue weighted by Crippen LogP contribution is -2.57. The molecule has 1 N–H and O–H groups in total. The van der Waals surface area contributed by atoms with Gasteiger partial charge >= 0.3 is 6.09 Å². The zero-order chi connectivity index (χ0) is 34.7. The summed E-state index contributed by atoms with van der Waals surface area (Å²) in [5.41, 5.74) is 2.83. The number of hydrogen-bond donors (Lipinski definition) is 1. The first kappa shape index (κ1) is 38.8. The molecule has 4 aliphatic carbocycles. The number of hydrogen-bond acceptors (Lipinski definition) is 3. The Kier molecular flexibility index (Phi) is 12.8. The molecular formula is C43H77NO3. The molecule has 0 spiro atoms. The summed E-state index contributed by atoms with van der Waals surface area (Å²) in [6.07, 6.45) is 22.1. The second-order valence-corrected chi connectivity index (χ2v) is 19.3. The molecule has 4 rings (SSSR count). The second-order valence-electron chi connectivity index (χ2n) is 19.3. The minimum absolute atomic E-state index is 0.00934. The second kappa shape index (κ2) is 15.5. The van der Waals surface area contributed by atoms with E-state index < -0.39 is 0 Å². The molecule has 0 aromatic carbocycles. The lowest BCUT2D eigenvalue weighted by atomic mass is 9.40. The van der Waals surface area contributed by atoms with Crippen LogP contribution in [0.5, 0.6) is 0 Å². The van der Waals surface area contributed by atoms with Crippen molar-refractivity contribution >= 4 is 6.09 Å². The van der Waals surface area contributed by atoms with Crippen LogP contribution >= 0.6 is 0 Å². The smallest absolute Gasteiger partial charge is 0.407 e. The van der Waals surface area contributed by atoms with Gasteiger partial charge < -0.3 is 14.8 Å². The maximum atomic E-state index is 12.9. The van der Waals surface area contributed by atoms with E-state index in [9.17, 15) is 4.79 Å². The van der Waals surface area contributed by atoms with Gasteiger partial charge in [0.2, 0.25) is 0 Å². The fraction of sp³-hybridized carbons (Fsp3) is 0.930. The predicted molar refractivity (Wildman–Crippen MR) is 199 cm³/mol. The number of amides is 1. The fourth-order valence-corrected chi connectivity index (χ4v) is 11.9. The summed E-state index contributed by atoms with van der Waals surface area (Å²) in [7, 11) is 0. The van der Waals surface area contributed by atoms with Gasteiger partial charge in [-0.2, -0.15) is 0 Å². The van der Waals surface area contributed by atoms with Gasteiger partial charge in [0.25, 0.3) is 0 Å². The van der Waals surface area contributed by atoms with Gasteiger partial charge in [0, 0.05) is 19.6 Å². The van der Waals surface area contributed by atoms with Gasteiger partial charge in [-0.05, 0) is 136 Å². The molecule has 47 heavy (non-hydrogen) atoms. The molecule has 1 amide bonds. The van der Waals surface area contributed by atoms with Crippen LogP contribution < -0.4 is 5.32 Å². The highest BCUT2D eigenvalue weighted by molar-refractivity contribution is 5.67. The number of alkyl carbamates (subject to hydrolysis) is 1. The molecule has 0 bridgehead atoms. The summed E-state index contributed by atoms with van der Waals surface area (Å²) in [5.74, 6) is 4.17. The van der Waals surface area contributed by atoms with Crippen LogP contribution in [0.2, 0.25) is 0 Å². The summed E-state index contributed by atoms with van der Waals surface area (Å²) in [6.45, 7) is 27.7. The van der Waals surface area contributed by atoms with Crippen molar-refractivity contribution in [1.29, 1.82) is 0 Å². The first-order valence-corrected chi connectivity index (χ1v) is 20.3. The third kappa shape index (κ3) is 8.65. The van der Waals surface area contributed by atoms with Crippen molar-refractivity contribution in [2.24, 2.45) is 51.2 Å². The van der Waals surface area contributed by atoms with Crippen molar-refractivity contribution in [3.63, 3.8) is 0 Å². The van der Waals surface area contributed by atoms with E-state index in [1.807, 2.05) is 0 Å². The summed E-state index contributed by atoms with van der Waals surface area (Å²) in [6, 6.07) is 0. The van der Waals surface area contributed by atoms with Crippen molar-refractivity contribution in [3.05, 3.63) is 11.6 Å². The van der Waals surface area contributed by atoms with E-state index in [2.05, 4.69) is 87.6 Å². The number of carbonyl (C=O) groups is 1. The number of ether oxygens (including phenoxy) is 2. The zero-order valence-electron chi connectivity index (χ0n) is 33.0. The zero-order valence-corrected chi connectivity index (χ0v) is 33.0. The Hall–Kier alpha value is -1.03. The third-order valence-electron chi connectivity index (χ3n) is 14.7. The molecule has 0 aliphatic heterocycles. The maximum Gasteiger partial charge on any atom is 0.407 e. The van der Waals surface area contributed by atoms with E-state index >= 15 is 0 Å². The third-order valence-corrected chi connectivity index (χ3v) is 14.7. The Morgan fingerprint density at radius 1 is 0.957 bits per heavy atom. The molecule has 3 fully saturated rings. The highest BCUT2D eigenvalue weighted by atomic mass is 16.6. The van der Waals surface area contributed by atoms with Crippen molar-refractivity contribution in [3.8, 4) is 0 Å². The minimum Gasteiger partial charge on any atom is -0.446 e. The number of fused-ring (bicyclic) bond motifs is 5. The molecule has 4 aliphatic rings. The Labute approximate surface area is 291 Å². The molecule has 8 atom stereocenters. The predicted octanol–water partition coefficient (Wildman–Crippen LogP) is 12.3. The van der Waals surface area contributed by atoms with Crippen LogP contribution in [-0.2, 0) is 9.47 Å². The molecule has 3 saturated carbocycles. The normalized spacial score (nSPS) is 34.7. The number of allylic oxidation sites excluding steroid dienone is 1. The molecule has 5 unspecified atom stereocenters. The summed E-state index contributed by atoms with van der Waals surface area (Å²) >= 11 is 0. The van der Waals surface area contributed by atoms with Crippen molar-refractivity contribution in [2.75, 3.05) is 13.2 Å². The van der Waals surface area contributed by atoms with E-state index in [-0.39, 0.29) is 23.2 Å². The van der Waals surface area contributed by atoms with Gasteiger partial charge in [0.15, 0.2) is 0 Å². The first-order chi connectivity index (χ1) is 22.0. The molecule has 0 aromatic rings. The van der Waals surface area contributed by atoms with Gasteiger partial charge in [0.05, 0.1) is 5.60 Å². The van der Waals surface area contributed by atoms with Crippen LogP contribution in [0.4, 0.5) is 4.79 Å². The van der Waals surface area contributed by atoms with E-state index in [1.165, 1.54) is 70.6 Å². The van der Waals surface area contributed by atoms with Crippen molar-refractivity contribution in [1.82, 2.24) is 5.32 Å². The number of carbonyl (C=O) groups excluding carboxylic acids is 1. The summed E-state index contributed by atoms with van der Waals surface area (Å²) in [4.78, 5) is 12.9. The molecule has 272 valence electrons. The summed E-state index contributed by atoms with van der Waals surface area (Å²) in [5, 5.41) is 3.05. The molecular weight excluding hydrogens is 578 g/mol. The molecule has 0 radical (unpaired) electrons. The first-order valence-electron chi connectivity index (χ1n) is 20.3. The Bertz CT molecular complexity index is 1060. The Morgan fingerprint density at radius 2 is 1.70 bits per heavy atom. The highest BCUT2D eigenvalue weighted by Gasteiger charge is 2.65. The van der Waals surface area contributed by atoms with Crippen LogP contribution in [0.3, 0.4) is 0 Å². The van der Waals surface area contributed by atoms with Crippen molar-refractivity contribution < 1.29 is 14.3 Å². The Balaban J connectivity index is 1.31. The lowest BCUT2D eigenvalue weighted by molar-refractivity contribution is -0.126. The molecule has 0 saturated heterocycles. The van der Waals surface area contributed by atoms with E-state index in [1.54, 1.807) is 5.57 Å². The largest absolute Gasteiger partial charge is 0.446 e. The van der Waals surface area contributed by atoms with Crippen LogP contribution in [-0.4, -0.2) is 30.9 Å². The topological polar surface area (TPSA) is 47.6 Å². The highest BCUT2D eigenvalue weighted by Crippen LogP contribution is 2.73. The molecule has 4 nitrogen and oxygen atoms in total. The molecule has 0 aromatic heterocycles. The van der Waals surface area contributed by atoms with Gasteiger partial charge in [-0.15, -0.1) is 0 Å². The quantitative estimate of drug-likeness (QED) is 0.168. The molecule has 4 heteroatoms. The average molecular weight is 656 g/mol. The van der Waals surface area contributed by atoms with Gasteiger partial charge in [-0.3, -0.25) is 0 Å². The average Bonchev–Trinajstić information content (AvgIpc) is 3.34. The molecule has 0 heterocycles. The minimum atomic E-state index is -0.262. The van der Waals surface area contributed by atoms with E-state index in [4.69, 9.17) is 9.47 Å². The SMILES string of the molecule is CCCC(C)(C)CCOC(C)(C)CCNC(=O)OC1CCC2(C)C(=CCC3(CC)[C@H]2CCC2(C)C([C@@H](C)CCCC(C)C)CC[C@@H]23)C1. The monoisotopic (exact) mass is 656 g/mol. The Morgan fingerprint density at radius 3 is 2.38 bits per heavy atom. The number of nitrogens with one attached hydrogen (secondary N) is 1. The van der Waals surface area contributed by atoms with Crippen LogP contribution in [0, 0.1) is 51.2 Å². The lowest BCUT2D eigenvalue weighted by Gasteiger charge is -2.64. The van der Waals surface area contributed by atoms with Gasteiger partial charge in [0.1, 0.15) is 6.10 Å². The van der Waals surface area contributed by atoms with E-state index in [0.29, 0.717) is 22.8 Å². The summed E-state index contributed by atoms with van der Waals surface area (Å²) < 4.78 is 12.3. The number of rotatable bonds is 16. The van der Waals surface area contributed by atoms with Crippen LogP contribution in [0.15, 0.2) is 11.6 Å². The standard InChI is InChI=1S/C43H77NO3/c1-12-22-39(6,7)27-29-46-40(8,9)26-28-44-38(45)47-34-20-23-41(10)33(30-34)19-25-43(13-2)36-18-17-35(32(5)16-14-15-31(3)4)42(36,11)24-21-37(41)43/h19,31-32,34-37H,12-18,20-30H2,1-11H3,(H,44,45)/t32-,34?,35?,36-,37-,41?,42?,43?/m0/s1.